The number of nitrogens with zero attached hydrogens (tertiary/aromatic N) is 1. The van der Waals surface area contributed by atoms with E-state index >= 15 is 0 Å². The number of amides is 2. The van der Waals surface area contributed by atoms with Gasteiger partial charge in [0.05, 0.1) is 0 Å². The lowest BCUT2D eigenvalue weighted by Gasteiger charge is -2.08. The van der Waals surface area contributed by atoms with E-state index in [1.807, 2.05) is 60.7 Å². The van der Waals surface area contributed by atoms with Gasteiger partial charge in [0.2, 0.25) is 0 Å². The third-order valence-electron chi connectivity index (χ3n) is 3.48. The highest BCUT2D eigenvalue weighted by Gasteiger charge is 2.01. The molecule has 0 bridgehead atoms. The van der Waals surface area contributed by atoms with Crippen LogP contribution in [0.4, 0.5) is 10.5 Å². The molecule has 27 heavy (non-hydrogen) atoms. The van der Waals surface area contributed by atoms with Crippen LogP contribution < -0.4 is 16.4 Å². The number of urea groups is 1. The van der Waals surface area contributed by atoms with Gasteiger partial charge in [-0.15, -0.1) is 12.6 Å². The number of hydrogen-bond acceptors (Lipinski definition) is 4. The van der Waals surface area contributed by atoms with Crippen LogP contribution in [0.25, 0.3) is 0 Å². The van der Waals surface area contributed by atoms with E-state index in [1.165, 1.54) is 0 Å². The van der Waals surface area contributed by atoms with Crippen molar-refractivity contribution < 1.29 is 4.79 Å². The molecule has 0 atom stereocenters. The molecule has 0 aliphatic carbocycles. The summed E-state index contributed by atoms with van der Waals surface area (Å²) >= 11 is 7.47. The Kier molecular flexibility index (Phi) is 8.83. The van der Waals surface area contributed by atoms with E-state index < -0.39 is 0 Å². The third kappa shape index (κ3) is 7.82. The first-order chi connectivity index (χ1) is 13.1. The minimum Gasteiger partial charge on any atom is -0.334 e. The molecule has 4 N–H and O–H groups in total. The number of rotatable bonds is 4. The lowest BCUT2D eigenvalue weighted by atomic mass is 10.2. The molecule has 0 unspecified atom stereocenters. The first kappa shape index (κ1) is 21.0. The number of halogens is 1. The molecule has 2 amide bonds. The summed E-state index contributed by atoms with van der Waals surface area (Å²) in [4.78, 5) is 16.6. The van der Waals surface area contributed by atoms with Crippen LogP contribution in [0.2, 0.25) is 0 Å². The summed E-state index contributed by atoms with van der Waals surface area (Å²) < 4.78 is 1.04. The van der Waals surface area contributed by atoms with Crippen molar-refractivity contribution in [3.63, 3.8) is 0 Å². The van der Waals surface area contributed by atoms with Gasteiger partial charge in [-0.3, -0.25) is 4.98 Å². The number of nitrogens with two attached hydrogens (primary N) is 1. The van der Waals surface area contributed by atoms with Gasteiger partial charge in [0.1, 0.15) is 0 Å². The first-order valence-corrected chi connectivity index (χ1v) is 9.48. The smallest absolute Gasteiger partial charge is 0.319 e. The summed E-state index contributed by atoms with van der Waals surface area (Å²) in [6.07, 6.45) is 3.42. The van der Waals surface area contributed by atoms with Crippen molar-refractivity contribution in [1.82, 2.24) is 10.3 Å². The fourth-order valence-electron chi connectivity index (χ4n) is 2.04. The Morgan fingerprint density at radius 1 is 1.04 bits per heavy atom. The average molecular weight is 445 g/mol. The molecule has 0 radical (unpaired) electrons. The number of aromatic nitrogens is 1. The number of carbonyl (C=O) groups is 1. The number of benzene rings is 2. The van der Waals surface area contributed by atoms with Crippen LogP contribution in [0.15, 0.2) is 82.4 Å². The summed E-state index contributed by atoms with van der Waals surface area (Å²) in [5.41, 5.74) is 8.23. The molecule has 3 aromatic rings. The molecular formula is C20H21BrN4OS. The normalized spacial score (nSPS) is 9.74. The fraction of sp³-hybridized carbons (Fsp3) is 0.100. The second-order valence-electron chi connectivity index (χ2n) is 5.52. The van der Waals surface area contributed by atoms with Gasteiger partial charge in [0.15, 0.2) is 0 Å². The fourth-order valence-corrected chi connectivity index (χ4v) is 2.48. The van der Waals surface area contributed by atoms with Crippen molar-refractivity contribution in [3.8, 4) is 0 Å². The van der Waals surface area contributed by atoms with Crippen molar-refractivity contribution in [2.24, 2.45) is 5.73 Å². The molecule has 140 valence electrons. The molecule has 1 aromatic heterocycles. The summed E-state index contributed by atoms with van der Waals surface area (Å²) in [5.74, 6) is 0. The third-order valence-corrected chi connectivity index (χ3v) is 4.86. The van der Waals surface area contributed by atoms with Crippen LogP contribution in [0.5, 0.6) is 0 Å². The van der Waals surface area contributed by atoms with E-state index in [1.54, 1.807) is 12.4 Å². The summed E-state index contributed by atoms with van der Waals surface area (Å²) in [5, 5.41) is 5.51. The molecular weight excluding hydrogens is 424 g/mol. The maximum absolute atomic E-state index is 11.7. The second kappa shape index (κ2) is 11.4. The lowest BCUT2D eigenvalue weighted by molar-refractivity contribution is 0.251. The van der Waals surface area contributed by atoms with E-state index in [2.05, 4.69) is 44.2 Å². The molecule has 0 spiro atoms. The summed E-state index contributed by atoms with van der Waals surface area (Å²) in [6.45, 7) is 0.939. The Bertz CT molecular complexity index is 823. The number of thiol groups is 1. The highest BCUT2D eigenvalue weighted by Crippen LogP contribution is 2.18. The summed E-state index contributed by atoms with van der Waals surface area (Å²) in [6, 6.07) is 18.7. The second-order valence-corrected chi connectivity index (χ2v) is 6.86. The largest absolute Gasteiger partial charge is 0.334 e. The molecule has 0 fully saturated rings. The predicted molar refractivity (Wildman–Crippen MR) is 116 cm³/mol. The van der Waals surface area contributed by atoms with E-state index in [9.17, 15) is 4.79 Å². The van der Waals surface area contributed by atoms with Gasteiger partial charge < -0.3 is 16.4 Å². The lowest BCUT2D eigenvalue weighted by Crippen LogP contribution is -2.28. The van der Waals surface area contributed by atoms with Crippen LogP contribution in [-0.2, 0) is 13.1 Å². The van der Waals surface area contributed by atoms with E-state index in [4.69, 9.17) is 5.73 Å². The van der Waals surface area contributed by atoms with Crippen LogP contribution in [0, 0.1) is 0 Å². The minimum atomic E-state index is -0.246. The number of hydrogen-bond donors (Lipinski definition) is 4. The molecule has 7 heteroatoms. The number of carbonyl (C=O) groups excluding carboxylic acids is 1. The highest BCUT2D eigenvalue weighted by atomic mass is 79.9. The molecule has 3 rings (SSSR count). The predicted octanol–water partition coefficient (Wildman–Crippen LogP) is 4.60. The average Bonchev–Trinajstić information content (AvgIpc) is 2.70. The van der Waals surface area contributed by atoms with Crippen molar-refractivity contribution >= 4 is 40.3 Å². The van der Waals surface area contributed by atoms with E-state index in [-0.39, 0.29) is 6.03 Å². The Labute approximate surface area is 172 Å². The Hall–Kier alpha value is -2.35. The van der Waals surface area contributed by atoms with Crippen molar-refractivity contribution in [3.05, 3.63) is 88.7 Å². The molecule has 5 nitrogen and oxygen atoms in total. The molecule has 0 saturated carbocycles. The van der Waals surface area contributed by atoms with Gasteiger partial charge in [0.25, 0.3) is 0 Å². The zero-order chi connectivity index (χ0) is 19.5. The molecule has 0 aliphatic heterocycles. The van der Waals surface area contributed by atoms with Gasteiger partial charge in [-0.25, -0.2) is 4.79 Å². The van der Waals surface area contributed by atoms with E-state index in [0.717, 1.165) is 26.2 Å². The van der Waals surface area contributed by atoms with Gasteiger partial charge >= 0.3 is 6.03 Å². The Morgan fingerprint density at radius 3 is 2.33 bits per heavy atom. The van der Waals surface area contributed by atoms with Gasteiger partial charge in [-0.05, 0) is 57.4 Å². The number of nitrogens with one attached hydrogen (secondary N) is 2. The van der Waals surface area contributed by atoms with Crippen molar-refractivity contribution in [2.75, 3.05) is 5.32 Å². The van der Waals surface area contributed by atoms with Gasteiger partial charge in [0, 0.05) is 40.5 Å². The molecule has 2 aromatic carbocycles. The zero-order valence-corrected chi connectivity index (χ0v) is 17.1. The number of pyridine rings is 1. The van der Waals surface area contributed by atoms with Crippen LogP contribution in [-0.4, -0.2) is 11.0 Å². The first-order valence-electron chi connectivity index (χ1n) is 8.24. The minimum absolute atomic E-state index is 0.246. The van der Waals surface area contributed by atoms with Crippen LogP contribution in [0.1, 0.15) is 11.1 Å². The Morgan fingerprint density at radius 2 is 1.78 bits per heavy atom. The quantitative estimate of drug-likeness (QED) is 0.443. The maximum atomic E-state index is 11.7. The van der Waals surface area contributed by atoms with E-state index in [0.29, 0.717) is 13.1 Å². The molecule has 0 aliphatic rings. The van der Waals surface area contributed by atoms with Gasteiger partial charge in [-0.1, -0.05) is 30.3 Å². The Balaban J connectivity index is 0.000000273. The van der Waals surface area contributed by atoms with Crippen LogP contribution >= 0.6 is 28.6 Å². The standard InChI is InChI=1S/C14H16N4O.C6H5BrS/c15-8-11-3-5-13(6-4-11)18-14(19)17-10-12-2-1-7-16-9-12;7-5-3-1-2-4-6(5)8/h1-7,9H,8,10,15H2,(H2,17,18,19);1-4,8H. The SMILES string of the molecule is NCc1ccc(NC(=O)NCc2cccnc2)cc1.Sc1ccccc1Br. The topological polar surface area (TPSA) is 80.0 Å². The monoisotopic (exact) mass is 444 g/mol. The molecule has 1 heterocycles. The highest BCUT2D eigenvalue weighted by molar-refractivity contribution is 9.10. The van der Waals surface area contributed by atoms with Crippen molar-refractivity contribution in [1.29, 1.82) is 0 Å². The molecule has 0 saturated heterocycles. The zero-order valence-electron chi connectivity index (χ0n) is 14.6. The van der Waals surface area contributed by atoms with Gasteiger partial charge in [-0.2, -0.15) is 0 Å². The maximum Gasteiger partial charge on any atom is 0.319 e. The van der Waals surface area contributed by atoms with Crippen LogP contribution in [0.3, 0.4) is 0 Å². The van der Waals surface area contributed by atoms with Crippen molar-refractivity contribution in [2.45, 2.75) is 18.0 Å². The number of anilines is 1. The summed E-state index contributed by atoms with van der Waals surface area (Å²) in [7, 11) is 0.